The fourth-order valence-corrected chi connectivity index (χ4v) is 0.987. The molecule has 0 saturated carbocycles. The van der Waals surface area contributed by atoms with E-state index in [1.807, 2.05) is 0 Å². The monoisotopic (exact) mass is 178 g/mol. The topological polar surface area (TPSA) is 87.0 Å². The van der Waals surface area contributed by atoms with E-state index in [-0.39, 0.29) is 25.3 Å². The molecule has 1 aliphatic rings. The molecular weight excluding hydrogens is 164 g/mol. The van der Waals surface area contributed by atoms with Gasteiger partial charge in [-0.15, -0.1) is 0 Å². The molecule has 0 aromatic carbocycles. The third-order valence-electron chi connectivity index (χ3n) is 1.54. The molecule has 2 unspecified atom stereocenters. The maximum atomic E-state index is 9.02. The summed E-state index contributed by atoms with van der Waals surface area (Å²) < 4.78 is 5.09. The van der Waals surface area contributed by atoms with Crippen LogP contribution in [0.3, 0.4) is 0 Å². The van der Waals surface area contributed by atoms with Crippen molar-refractivity contribution in [3.8, 4) is 0 Å². The number of carboxylic acid groups (broad SMARTS) is 1. The van der Waals surface area contributed by atoms with Crippen molar-refractivity contribution in [3.05, 3.63) is 0 Å². The van der Waals surface area contributed by atoms with E-state index in [1.165, 1.54) is 0 Å². The number of hydrogen-bond donors (Lipinski definition) is 3. The highest BCUT2D eigenvalue weighted by Crippen LogP contribution is 2.12. The zero-order valence-corrected chi connectivity index (χ0v) is 6.72. The standard InChI is InChI=1S/C6H12O3.CH2O2/c7-4-6-3-5(8)1-2-9-6;2-1-3/h5-8H,1-4H2;1H,(H,2,3). The highest BCUT2D eigenvalue weighted by atomic mass is 16.5. The van der Waals surface area contributed by atoms with Gasteiger partial charge in [0.15, 0.2) is 0 Å². The van der Waals surface area contributed by atoms with Crippen LogP contribution in [0.5, 0.6) is 0 Å². The Bertz CT molecular complexity index is 116. The Balaban J connectivity index is 0.000000354. The van der Waals surface area contributed by atoms with Gasteiger partial charge in [0.2, 0.25) is 0 Å². The lowest BCUT2D eigenvalue weighted by molar-refractivity contribution is -0.122. The van der Waals surface area contributed by atoms with Crippen molar-refractivity contribution in [2.45, 2.75) is 25.0 Å². The van der Waals surface area contributed by atoms with E-state index in [0.29, 0.717) is 19.4 Å². The quantitative estimate of drug-likeness (QED) is 0.458. The number of aliphatic hydroxyl groups is 2. The first-order chi connectivity index (χ1) is 5.74. The molecule has 1 aliphatic heterocycles. The zero-order chi connectivity index (χ0) is 9.40. The molecule has 1 rings (SSSR count). The van der Waals surface area contributed by atoms with Gasteiger partial charge in [-0.05, 0) is 6.42 Å². The summed E-state index contributed by atoms with van der Waals surface area (Å²) in [6.45, 7) is 0.351. The van der Waals surface area contributed by atoms with Crippen LogP contribution < -0.4 is 0 Å². The summed E-state index contributed by atoms with van der Waals surface area (Å²) in [6.07, 6.45) is 0.886. The molecule has 72 valence electrons. The zero-order valence-electron chi connectivity index (χ0n) is 6.72. The van der Waals surface area contributed by atoms with Gasteiger partial charge in [0.05, 0.1) is 18.8 Å². The second-order valence-electron chi connectivity index (χ2n) is 2.46. The molecule has 3 N–H and O–H groups in total. The predicted octanol–water partition coefficient (Wildman–Crippen LogP) is -0.781. The van der Waals surface area contributed by atoms with Crippen LogP contribution in [0.25, 0.3) is 0 Å². The smallest absolute Gasteiger partial charge is 0.290 e. The second-order valence-corrected chi connectivity index (χ2v) is 2.46. The summed E-state index contributed by atoms with van der Waals surface area (Å²) in [5, 5.41) is 24.5. The molecule has 1 heterocycles. The minimum atomic E-state index is -0.268. The van der Waals surface area contributed by atoms with Crippen molar-refractivity contribution in [2.24, 2.45) is 0 Å². The molecule has 5 heteroatoms. The first kappa shape index (κ1) is 11.4. The van der Waals surface area contributed by atoms with Crippen LogP contribution in [0.2, 0.25) is 0 Å². The fourth-order valence-electron chi connectivity index (χ4n) is 0.987. The van der Waals surface area contributed by atoms with E-state index in [9.17, 15) is 0 Å². The summed E-state index contributed by atoms with van der Waals surface area (Å²) in [7, 11) is 0. The first-order valence-corrected chi connectivity index (χ1v) is 3.73. The summed E-state index contributed by atoms with van der Waals surface area (Å²) in [4.78, 5) is 8.36. The van der Waals surface area contributed by atoms with Crippen LogP contribution in [0.15, 0.2) is 0 Å². The SMILES string of the molecule is O=CO.OCC1CC(O)CCO1. The number of ether oxygens (including phenoxy) is 1. The Hall–Kier alpha value is -0.650. The van der Waals surface area contributed by atoms with Gasteiger partial charge < -0.3 is 20.1 Å². The average molecular weight is 178 g/mol. The number of carbonyl (C=O) groups is 1. The molecule has 0 radical (unpaired) electrons. The third-order valence-corrected chi connectivity index (χ3v) is 1.54. The van der Waals surface area contributed by atoms with Gasteiger partial charge in [-0.1, -0.05) is 0 Å². The number of hydrogen-bond acceptors (Lipinski definition) is 4. The van der Waals surface area contributed by atoms with Crippen LogP contribution in [0.1, 0.15) is 12.8 Å². The molecule has 0 bridgehead atoms. The van der Waals surface area contributed by atoms with E-state index < -0.39 is 0 Å². The van der Waals surface area contributed by atoms with Gasteiger partial charge in [-0.3, -0.25) is 4.79 Å². The van der Waals surface area contributed by atoms with Gasteiger partial charge in [0.25, 0.3) is 6.47 Å². The molecule has 0 spiro atoms. The summed E-state index contributed by atoms with van der Waals surface area (Å²) in [6, 6.07) is 0. The van der Waals surface area contributed by atoms with Gasteiger partial charge in [-0.25, -0.2) is 0 Å². The normalized spacial score (nSPS) is 28.5. The largest absolute Gasteiger partial charge is 0.483 e. The maximum Gasteiger partial charge on any atom is 0.290 e. The van der Waals surface area contributed by atoms with Crippen molar-refractivity contribution < 1.29 is 24.9 Å². The minimum absolute atomic E-state index is 0.0249. The Morgan fingerprint density at radius 2 is 2.17 bits per heavy atom. The van der Waals surface area contributed by atoms with Gasteiger partial charge in [0, 0.05) is 13.0 Å². The van der Waals surface area contributed by atoms with Crippen molar-refractivity contribution in [3.63, 3.8) is 0 Å². The molecular formula is C7H14O5. The second kappa shape index (κ2) is 7.02. The minimum Gasteiger partial charge on any atom is -0.483 e. The Morgan fingerprint density at radius 1 is 1.58 bits per heavy atom. The Morgan fingerprint density at radius 3 is 2.50 bits per heavy atom. The van der Waals surface area contributed by atoms with Crippen LogP contribution >= 0.6 is 0 Å². The molecule has 1 saturated heterocycles. The summed E-state index contributed by atoms with van der Waals surface area (Å²) in [5.41, 5.74) is 0. The molecule has 5 nitrogen and oxygen atoms in total. The highest BCUT2D eigenvalue weighted by Gasteiger charge is 2.19. The van der Waals surface area contributed by atoms with Crippen LogP contribution in [0, 0.1) is 0 Å². The predicted molar refractivity (Wildman–Crippen MR) is 40.8 cm³/mol. The Labute approximate surface area is 70.6 Å². The molecule has 0 amide bonds. The van der Waals surface area contributed by atoms with Crippen LogP contribution in [-0.2, 0) is 9.53 Å². The molecule has 12 heavy (non-hydrogen) atoms. The number of rotatable bonds is 1. The molecule has 2 atom stereocenters. The van der Waals surface area contributed by atoms with E-state index in [4.69, 9.17) is 24.9 Å². The summed E-state index contributed by atoms with van der Waals surface area (Å²) >= 11 is 0. The Kier molecular flexibility index (Phi) is 6.64. The lowest BCUT2D eigenvalue weighted by Crippen LogP contribution is -2.31. The average Bonchev–Trinajstić information content (AvgIpc) is 2.06. The summed E-state index contributed by atoms with van der Waals surface area (Å²) in [5.74, 6) is 0. The van der Waals surface area contributed by atoms with E-state index in [1.54, 1.807) is 0 Å². The lowest BCUT2D eigenvalue weighted by atomic mass is 10.1. The van der Waals surface area contributed by atoms with Gasteiger partial charge in [0.1, 0.15) is 0 Å². The fraction of sp³-hybridized carbons (Fsp3) is 0.857. The van der Waals surface area contributed by atoms with E-state index in [0.717, 1.165) is 0 Å². The molecule has 0 aliphatic carbocycles. The molecule has 1 fully saturated rings. The van der Waals surface area contributed by atoms with Crippen molar-refractivity contribution in [1.82, 2.24) is 0 Å². The first-order valence-electron chi connectivity index (χ1n) is 3.73. The van der Waals surface area contributed by atoms with Gasteiger partial charge >= 0.3 is 0 Å². The maximum absolute atomic E-state index is 9.02. The molecule has 0 aromatic heterocycles. The lowest BCUT2D eigenvalue weighted by Gasteiger charge is -2.24. The van der Waals surface area contributed by atoms with Crippen LogP contribution in [-0.4, -0.2) is 47.2 Å². The third kappa shape index (κ3) is 5.06. The van der Waals surface area contributed by atoms with Crippen molar-refractivity contribution in [2.75, 3.05) is 13.2 Å². The van der Waals surface area contributed by atoms with Crippen molar-refractivity contribution >= 4 is 6.47 Å². The number of aliphatic hydroxyl groups excluding tert-OH is 2. The highest BCUT2D eigenvalue weighted by molar-refractivity contribution is 5.32. The van der Waals surface area contributed by atoms with E-state index >= 15 is 0 Å². The van der Waals surface area contributed by atoms with E-state index in [2.05, 4.69) is 0 Å². The molecule has 0 aromatic rings. The van der Waals surface area contributed by atoms with Crippen LogP contribution in [0.4, 0.5) is 0 Å². The van der Waals surface area contributed by atoms with Gasteiger partial charge in [-0.2, -0.15) is 0 Å². The van der Waals surface area contributed by atoms with Crippen molar-refractivity contribution in [1.29, 1.82) is 0 Å².